The van der Waals surface area contributed by atoms with Gasteiger partial charge in [-0.15, -0.1) is 0 Å². The predicted octanol–water partition coefficient (Wildman–Crippen LogP) is 0.857. The first-order chi connectivity index (χ1) is 11.1. The van der Waals surface area contributed by atoms with Crippen molar-refractivity contribution in [2.24, 2.45) is 0 Å². The summed E-state index contributed by atoms with van der Waals surface area (Å²) in [5.41, 5.74) is 4.69. The van der Waals surface area contributed by atoms with Crippen molar-refractivity contribution in [2.45, 2.75) is 0 Å². The van der Waals surface area contributed by atoms with E-state index < -0.39 is 24.4 Å². The van der Waals surface area contributed by atoms with E-state index in [-0.39, 0.29) is 5.69 Å². The Morgan fingerprint density at radius 2 is 1.91 bits per heavy atom. The Hall–Kier alpha value is -2.81. The first-order valence-corrected chi connectivity index (χ1v) is 7.14. The van der Waals surface area contributed by atoms with Crippen LogP contribution in [0.2, 0.25) is 0 Å². The zero-order valence-corrected chi connectivity index (χ0v) is 13.2. The van der Waals surface area contributed by atoms with Gasteiger partial charge < -0.3 is 4.74 Å². The lowest BCUT2D eigenvalue weighted by atomic mass is 10.2. The molecule has 0 atom stereocenters. The van der Waals surface area contributed by atoms with Gasteiger partial charge in [-0.3, -0.25) is 25.4 Å². The van der Waals surface area contributed by atoms with Crippen LogP contribution in [-0.4, -0.2) is 34.4 Å². The van der Waals surface area contributed by atoms with E-state index >= 15 is 0 Å². The molecule has 1 aromatic heterocycles. The van der Waals surface area contributed by atoms with Crippen LogP contribution in [0.1, 0.15) is 20.8 Å². The van der Waals surface area contributed by atoms with Gasteiger partial charge in [-0.2, -0.15) is 0 Å². The van der Waals surface area contributed by atoms with Crippen LogP contribution in [0, 0.1) is 0 Å². The fourth-order valence-corrected chi connectivity index (χ4v) is 1.95. The number of esters is 1. The first kappa shape index (κ1) is 16.6. The summed E-state index contributed by atoms with van der Waals surface area (Å²) < 4.78 is 5.32. The van der Waals surface area contributed by atoms with Crippen LogP contribution >= 0.6 is 15.9 Å². The molecular weight excluding hydrogens is 368 g/mol. The number of rotatable bonds is 4. The second kappa shape index (κ2) is 7.99. The molecule has 2 rings (SSSR count). The van der Waals surface area contributed by atoms with E-state index in [0.717, 1.165) is 0 Å². The van der Waals surface area contributed by atoms with Gasteiger partial charge in [0.25, 0.3) is 11.8 Å². The number of carbonyl (C=O) groups excluding carboxylic acids is 3. The molecule has 0 spiro atoms. The molecule has 8 nitrogen and oxygen atoms in total. The van der Waals surface area contributed by atoms with Gasteiger partial charge >= 0.3 is 5.97 Å². The molecule has 0 fully saturated rings. The van der Waals surface area contributed by atoms with Crippen molar-refractivity contribution in [3.05, 3.63) is 58.6 Å². The number of halogens is 1. The molecule has 0 saturated heterocycles. The molecular formula is C14H11BrN4O4. The molecule has 118 valence electrons. The summed E-state index contributed by atoms with van der Waals surface area (Å²) in [6, 6.07) is 6.72. The Morgan fingerprint density at radius 3 is 2.61 bits per heavy atom. The molecule has 0 bridgehead atoms. The fraction of sp³-hybridized carbons (Fsp3) is 0.0714. The van der Waals surface area contributed by atoms with Crippen molar-refractivity contribution in [3.63, 3.8) is 0 Å². The van der Waals surface area contributed by atoms with Gasteiger partial charge in [0.15, 0.2) is 12.3 Å². The van der Waals surface area contributed by atoms with Crippen LogP contribution in [0.5, 0.6) is 0 Å². The Labute approximate surface area is 139 Å². The second-order valence-corrected chi connectivity index (χ2v) is 5.00. The van der Waals surface area contributed by atoms with Gasteiger partial charge in [0.2, 0.25) is 0 Å². The highest BCUT2D eigenvalue weighted by atomic mass is 79.9. The van der Waals surface area contributed by atoms with E-state index in [2.05, 4.69) is 36.7 Å². The van der Waals surface area contributed by atoms with E-state index in [4.69, 9.17) is 4.74 Å². The molecule has 9 heteroatoms. The monoisotopic (exact) mass is 378 g/mol. The van der Waals surface area contributed by atoms with Crippen molar-refractivity contribution < 1.29 is 19.1 Å². The highest BCUT2D eigenvalue weighted by molar-refractivity contribution is 9.10. The van der Waals surface area contributed by atoms with Crippen molar-refractivity contribution >= 4 is 33.7 Å². The van der Waals surface area contributed by atoms with Crippen LogP contribution < -0.4 is 10.9 Å². The maximum atomic E-state index is 11.8. The average Bonchev–Trinajstić information content (AvgIpc) is 2.58. The molecule has 1 aromatic carbocycles. The smallest absolute Gasteiger partial charge is 0.359 e. The normalized spacial score (nSPS) is 9.78. The van der Waals surface area contributed by atoms with E-state index in [1.165, 1.54) is 18.6 Å². The number of nitrogens with zero attached hydrogens (tertiary/aromatic N) is 2. The van der Waals surface area contributed by atoms with Crippen molar-refractivity contribution in [1.82, 2.24) is 20.8 Å². The maximum absolute atomic E-state index is 11.8. The molecule has 1 heterocycles. The van der Waals surface area contributed by atoms with Gasteiger partial charge in [0.1, 0.15) is 0 Å². The lowest BCUT2D eigenvalue weighted by molar-refractivity contribution is -0.125. The van der Waals surface area contributed by atoms with Gasteiger partial charge in [0.05, 0.1) is 11.8 Å². The van der Waals surface area contributed by atoms with Crippen LogP contribution in [0.15, 0.2) is 47.3 Å². The number of nitrogens with one attached hydrogen (secondary N) is 2. The highest BCUT2D eigenvalue weighted by Gasteiger charge is 2.13. The Bertz CT molecular complexity index is 724. The molecule has 0 saturated carbocycles. The van der Waals surface area contributed by atoms with Gasteiger partial charge in [-0.25, -0.2) is 9.78 Å². The molecule has 23 heavy (non-hydrogen) atoms. The zero-order chi connectivity index (χ0) is 16.7. The predicted molar refractivity (Wildman–Crippen MR) is 82.1 cm³/mol. The third-order valence-electron chi connectivity index (χ3n) is 2.54. The summed E-state index contributed by atoms with van der Waals surface area (Å²) in [4.78, 5) is 42.4. The minimum atomic E-state index is -0.787. The minimum absolute atomic E-state index is 0.0162. The number of amides is 2. The summed E-state index contributed by atoms with van der Waals surface area (Å²) >= 11 is 3.22. The van der Waals surface area contributed by atoms with E-state index in [9.17, 15) is 14.4 Å². The van der Waals surface area contributed by atoms with Gasteiger partial charge in [-0.05, 0) is 28.1 Å². The number of hydrogen-bond acceptors (Lipinski definition) is 6. The van der Waals surface area contributed by atoms with E-state index in [0.29, 0.717) is 10.0 Å². The fourth-order valence-electron chi connectivity index (χ4n) is 1.48. The van der Waals surface area contributed by atoms with Gasteiger partial charge in [-0.1, -0.05) is 12.1 Å². The summed E-state index contributed by atoms with van der Waals surface area (Å²) in [5, 5.41) is 0. The van der Waals surface area contributed by atoms with Crippen LogP contribution in [0.4, 0.5) is 0 Å². The third kappa shape index (κ3) is 4.85. The zero-order valence-electron chi connectivity index (χ0n) is 11.7. The summed E-state index contributed by atoms with van der Waals surface area (Å²) in [7, 11) is 0. The molecule has 0 radical (unpaired) electrons. The molecule has 2 amide bonds. The van der Waals surface area contributed by atoms with Crippen LogP contribution in [0.25, 0.3) is 0 Å². The van der Waals surface area contributed by atoms with Crippen molar-refractivity contribution in [1.29, 1.82) is 0 Å². The number of hydrazine groups is 1. The largest absolute Gasteiger partial charge is 0.451 e. The summed E-state index contributed by atoms with van der Waals surface area (Å²) in [6.45, 7) is -0.564. The Morgan fingerprint density at radius 1 is 1.13 bits per heavy atom. The lowest BCUT2D eigenvalue weighted by Gasteiger charge is -2.08. The number of aromatic nitrogens is 2. The summed E-state index contributed by atoms with van der Waals surface area (Å²) in [5.74, 6) is -1.99. The minimum Gasteiger partial charge on any atom is -0.451 e. The van der Waals surface area contributed by atoms with Gasteiger partial charge in [0, 0.05) is 16.9 Å². The first-order valence-electron chi connectivity index (χ1n) is 6.35. The molecule has 0 aliphatic carbocycles. The van der Waals surface area contributed by atoms with E-state index in [1.54, 1.807) is 24.3 Å². The summed E-state index contributed by atoms with van der Waals surface area (Å²) in [6.07, 6.45) is 3.95. The maximum Gasteiger partial charge on any atom is 0.359 e. The Balaban J connectivity index is 1.78. The van der Waals surface area contributed by atoms with Crippen LogP contribution in [0.3, 0.4) is 0 Å². The molecule has 0 aliphatic heterocycles. The Kier molecular flexibility index (Phi) is 5.75. The van der Waals surface area contributed by atoms with E-state index in [1.807, 2.05) is 0 Å². The topological polar surface area (TPSA) is 110 Å². The van der Waals surface area contributed by atoms with Crippen molar-refractivity contribution in [2.75, 3.05) is 6.61 Å². The molecule has 0 aliphatic rings. The number of benzene rings is 1. The van der Waals surface area contributed by atoms with Crippen LogP contribution in [-0.2, 0) is 9.53 Å². The second-order valence-electron chi connectivity index (χ2n) is 4.15. The molecule has 0 unspecified atom stereocenters. The number of carbonyl (C=O) groups is 3. The molecule has 2 N–H and O–H groups in total. The molecule has 2 aromatic rings. The quantitative estimate of drug-likeness (QED) is 0.602. The number of hydrogen-bond donors (Lipinski definition) is 2. The number of ether oxygens (including phenoxy) is 1. The average molecular weight is 379 g/mol. The highest BCUT2D eigenvalue weighted by Crippen LogP contribution is 2.15. The standard InChI is InChI=1S/C14H11BrN4O4/c15-10-4-2-1-3-9(10)13(21)19-18-12(20)8-23-14(22)11-7-16-5-6-17-11/h1-7H,8H2,(H,18,20)(H,19,21). The lowest BCUT2D eigenvalue weighted by Crippen LogP contribution is -2.43. The third-order valence-corrected chi connectivity index (χ3v) is 3.23. The SMILES string of the molecule is O=C(COC(=O)c1cnccn1)NNC(=O)c1ccccc1Br. The van der Waals surface area contributed by atoms with Crippen molar-refractivity contribution in [3.8, 4) is 0 Å².